The van der Waals surface area contributed by atoms with Gasteiger partial charge in [-0.25, -0.2) is 0 Å². The van der Waals surface area contributed by atoms with Gasteiger partial charge in [0, 0.05) is 6.42 Å². The Morgan fingerprint density at radius 1 is 1.36 bits per heavy atom. The number of terminal acetylenes is 1. The summed E-state index contributed by atoms with van der Waals surface area (Å²) in [4.78, 5) is 0. The van der Waals surface area contributed by atoms with E-state index in [1.807, 2.05) is 13.8 Å². The Hall–Kier alpha value is -1.42. The topological polar surface area (TPSA) is 20.2 Å². The Balaban J connectivity index is 3.15. The summed E-state index contributed by atoms with van der Waals surface area (Å²) in [5, 5.41) is 9.39. The van der Waals surface area contributed by atoms with Crippen molar-refractivity contribution < 1.29 is 5.11 Å². The largest absolute Gasteiger partial charge is 0.508 e. The van der Waals surface area contributed by atoms with Gasteiger partial charge in [0.05, 0.1) is 0 Å². The van der Waals surface area contributed by atoms with E-state index in [1.54, 1.807) is 12.1 Å². The number of hydrogen-bond acceptors (Lipinski definition) is 1. The molecule has 0 saturated carbocycles. The van der Waals surface area contributed by atoms with Crippen LogP contribution in [0.25, 0.3) is 0 Å². The molecule has 1 aromatic rings. The molecule has 0 fully saturated rings. The molecule has 74 valence electrons. The van der Waals surface area contributed by atoms with Crippen LogP contribution >= 0.6 is 0 Å². The smallest absolute Gasteiger partial charge is 0.116 e. The minimum absolute atomic E-state index is 0.330. The van der Waals surface area contributed by atoms with E-state index < -0.39 is 0 Å². The number of rotatable bonds is 2. The van der Waals surface area contributed by atoms with E-state index in [2.05, 4.69) is 12.8 Å². The number of aryl methyl sites for hydroxylation is 2. The van der Waals surface area contributed by atoms with Crippen LogP contribution in [-0.4, -0.2) is 5.11 Å². The zero-order chi connectivity index (χ0) is 10.7. The molecule has 0 heterocycles. The molecule has 0 aliphatic heterocycles. The zero-order valence-electron chi connectivity index (χ0n) is 8.96. The van der Waals surface area contributed by atoms with Gasteiger partial charge in [0.25, 0.3) is 0 Å². The second kappa shape index (κ2) is 4.19. The van der Waals surface area contributed by atoms with Gasteiger partial charge in [0.15, 0.2) is 0 Å². The third-order valence-corrected chi connectivity index (χ3v) is 2.50. The average molecular weight is 188 g/mol. The quantitative estimate of drug-likeness (QED) is 0.707. The number of hydrogen-bond donors (Lipinski definition) is 1. The first-order chi connectivity index (χ1) is 6.56. The SMILES string of the molecule is C#CCC(C)c1c(C)cc(O)cc1C. The third-order valence-electron chi connectivity index (χ3n) is 2.50. The fraction of sp³-hybridized carbons (Fsp3) is 0.385. The molecular formula is C13H16O. The molecule has 0 aliphatic carbocycles. The van der Waals surface area contributed by atoms with Gasteiger partial charge < -0.3 is 5.11 Å². The molecule has 14 heavy (non-hydrogen) atoms. The van der Waals surface area contributed by atoms with E-state index in [0.29, 0.717) is 11.7 Å². The molecule has 1 N–H and O–H groups in total. The van der Waals surface area contributed by atoms with Crippen LogP contribution in [-0.2, 0) is 0 Å². The van der Waals surface area contributed by atoms with Crippen LogP contribution in [0.3, 0.4) is 0 Å². The normalized spacial score (nSPS) is 12.1. The van der Waals surface area contributed by atoms with Gasteiger partial charge in [-0.05, 0) is 48.6 Å². The minimum atomic E-state index is 0.330. The highest BCUT2D eigenvalue weighted by Gasteiger charge is 2.11. The molecule has 1 rings (SSSR count). The van der Waals surface area contributed by atoms with Gasteiger partial charge in [0.1, 0.15) is 5.75 Å². The molecule has 1 unspecified atom stereocenters. The van der Waals surface area contributed by atoms with Crippen LogP contribution in [0.1, 0.15) is 36.0 Å². The summed E-state index contributed by atoms with van der Waals surface area (Å²) in [5.74, 6) is 3.36. The molecule has 0 aromatic heterocycles. The first kappa shape index (κ1) is 10.7. The Labute approximate surface area is 85.8 Å². The minimum Gasteiger partial charge on any atom is -0.508 e. The van der Waals surface area contributed by atoms with E-state index in [1.165, 1.54) is 5.56 Å². The average Bonchev–Trinajstić information content (AvgIpc) is 2.01. The molecule has 0 amide bonds. The number of phenolic OH excluding ortho intramolecular Hbond substituents is 1. The Morgan fingerprint density at radius 3 is 2.29 bits per heavy atom. The van der Waals surface area contributed by atoms with E-state index in [-0.39, 0.29) is 0 Å². The molecule has 1 aromatic carbocycles. The lowest BCUT2D eigenvalue weighted by Gasteiger charge is -2.15. The molecular weight excluding hydrogens is 172 g/mol. The molecule has 0 spiro atoms. The highest BCUT2D eigenvalue weighted by molar-refractivity contribution is 5.42. The second-order valence-corrected chi connectivity index (χ2v) is 3.80. The molecule has 0 aliphatic rings. The molecule has 1 nitrogen and oxygen atoms in total. The van der Waals surface area contributed by atoms with E-state index in [9.17, 15) is 5.11 Å². The highest BCUT2D eigenvalue weighted by Crippen LogP contribution is 2.28. The first-order valence-corrected chi connectivity index (χ1v) is 4.79. The maximum absolute atomic E-state index is 9.39. The highest BCUT2D eigenvalue weighted by atomic mass is 16.3. The lowest BCUT2D eigenvalue weighted by molar-refractivity contribution is 0.474. The summed E-state index contributed by atoms with van der Waals surface area (Å²) in [6, 6.07) is 3.57. The van der Waals surface area contributed by atoms with Gasteiger partial charge in [0.2, 0.25) is 0 Å². The predicted molar refractivity (Wildman–Crippen MR) is 59.4 cm³/mol. The molecule has 0 saturated heterocycles. The summed E-state index contributed by atoms with van der Waals surface area (Å²) in [6.45, 7) is 6.14. The summed E-state index contributed by atoms with van der Waals surface area (Å²) in [5.41, 5.74) is 3.50. The maximum atomic E-state index is 9.39. The van der Waals surface area contributed by atoms with Gasteiger partial charge in [-0.3, -0.25) is 0 Å². The number of benzene rings is 1. The summed E-state index contributed by atoms with van der Waals surface area (Å²) >= 11 is 0. The fourth-order valence-corrected chi connectivity index (χ4v) is 2.01. The summed E-state index contributed by atoms with van der Waals surface area (Å²) in [6.07, 6.45) is 6.04. The fourth-order valence-electron chi connectivity index (χ4n) is 2.01. The van der Waals surface area contributed by atoms with Crippen molar-refractivity contribution in [2.75, 3.05) is 0 Å². The van der Waals surface area contributed by atoms with Crippen LogP contribution < -0.4 is 0 Å². The van der Waals surface area contributed by atoms with Crippen molar-refractivity contribution in [2.45, 2.75) is 33.1 Å². The zero-order valence-corrected chi connectivity index (χ0v) is 8.96. The Morgan fingerprint density at radius 2 is 1.86 bits per heavy atom. The number of phenols is 1. The van der Waals surface area contributed by atoms with Crippen molar-refractivity contribution in [2.24, 2.45) is 0 Å². The van der Waals surface area contributed by atoms with Crippen molar-refractivity contribution in [3.05, 3.63) is 28.8 Å². The van der Waals surface area contributed by atoms with Crippen LogP contribution in [0.2, 0.25) is 0 Å². The van der Waals surface area contributed by atoms with Crippen molar-refractivity contribution in [1.82, 2.24) is 0 Å². The lowest BCUT2D eigenvalue weighted by atomic mass is 9.90. The van der Waals surface area contributed by atoms with E-state index in [4.69, 9.17) is 6.42 Å². The van der Waals surface area contributed by atoms with Crippen molar-refractivity contribution in [3.63, 3.8) is 0 Å². The summed E-state index contributed by atoms with van der Waals surface area (Å²) < 4.78 is 0. The standard InChI is InChI=1S/C13H16O/c1-5-6-9(2)13-10(3)7-12(14)8-11(13)4/h1,7-9,14H,6H2,2-4H3. The van der Waals surface area contributed by atoms with Crippen LogP contribution in [0.5, 0.6) is 5.75 Å². The maximum Gasteiger partial charge on any atom is 0.116 e. The monoisotopic (exact) mass is 188 g/mol. The van der Waals surface area contributed by atoms with E-state index >= 15 is 0 Å². The molecule has 1 heteroatoms. The molecule has 0 radical (unpaired) electrons. The lowest BCUT2D eigenvalue weighted by Crippen LogP contribution is -1.99. The van der Waals surface area contributed by atoms with Crippen molar-refractivity contribution in [1.29, 1.82) is 0 Å². The first-order valence-electron chi connectivity index (χ1n) is 4.79. The Kier molecular flexibility index (Phi) is 3.19. The van der Waals surface area contributed by atoms with Gasteiger partial charge in [-0.15, -0.1) is 12.3 Å². The van der Waals surface area contributed by atoms with Crippen molar-refractivity contribution >= 4 is 0 Å². The van der Waals surface area contributed by atoms with Crippen LogP contribution in [0.15, 0.2) is 12.1 Å². The number of aromatic hydroxyl groups is 1. The van der Waals surface area contributed by atoms with Gasteiger partial charge in [-0.2, -0.15) is 0 Å². The second-order valence-electron chi connectivity index (χ2n) is 3.80. The molecule has 1 atom stereocenters. The van der Waals surface area contributed by atoms with Gasteiger partial charge in [-0.1, -0.05) is 6.92 Å². The predicted octanol–water partition coefficient (Wildman–Crippen LogP) is 3.14. The molecule has 0 bridgehead atoms. The van der Waals surface area contributed by atoms with Crippen molar-refractivity contribution in [3.8, 4) is 18.1 Å². The van der Waals surface area contributed by atoms with Crippen LogP contribution in [0, 0.1) is 26.2 Å². The third kappa shape index (κ3) is 2.09. The summed E-state index contributed by atoms with van der Waals surface area (Å²) in [7, 11) is 0. The Bertz CT molecular complexity index is 348. The van der Waals surface area contributed by atoms with E-state index in [0.717, 1.165) is 17.5 Å². The van der Waals surface area contributed by atoms with Gasteiger partial charge >= 0.3 is 0 Å². The van der Waals surface area contributed by atoms with Crippen LogP contribution in [0.4, 0.5) is 0 Å².